The molecule has 0 aliphatic carbocycles. The molecule has 1 aromatic carbocycles. The minimum Gasteiger partial charge on any atom is -0.478 e. The van der Waals surface area contributed by atoms with E-state index in [1.807, 2.05) is 24.3 Å². The van der Waals surface area contributed by atoms with Gasteiger partial charge in [0.2, 0.25) is 0 Å². The number of hydrogen-bond acceptors (Lipinski definition) is 3. The molecule has 0 aliphatic heterocycles. The van der Waals surface area contributed by atoms with E-state index in [9.17, 15) is 4.79 Å². The molecular formula is C13H10N2O2. The number of aromatic carboxylic acids is 1. The van der Waals surface area contributed by atoms with Gasteiger partial charge in [0.1, 0.15) is 11.4 Å². The third-order valence-corrected chi connectivity index (χ3v) is 2.31. The van der Waals surface area contributed by atoms with E-state index < -0.39 is 5.97 Å². The van der Waals surface area contributed by atoms with Crippen LogP contribution in [0.2, 0.25) is 0 Å². The Bertz CT molecular complexity index is 614. The Labute approximate surface area is 98.3 Å². The molecule has 84 valence electrons. The van der Waals surface area contributed by atoms with Crippen molar-refractivity contribution in [3.05, 3.63) is 35.9 Å². The number of terminal acetylenes is 1. The summed E-state index contributed by atoms with van der Waals surface area (Å²) in [5, 5.41) is 12.7. The number of carbonyl (C=O) groups is 1. The van der Waals surface area contributed by atoms with Gasteiger partial charge in [-0.25, -0.2) is 9.78 Å². The molecule has 0 amide bonds. The summed E-state index contributed by atoms with van der Waals surface area (Å²) in [5.74, 6) is 1.66. The second kappa shape index (κ2) is 4.54. The first-order valence-electron chi connectivity index (χ1n) is 5.03. The zero-order valence-electron chi connectivity index (χ0n) is 8.97. The van der Waals surface area contributed by atoms with E-state index in [0.717, 1.165) is 10.9 Å². The molecule has 0 atom stereocenters. The highest BCUT2D eigenvalue weighted by atomic mass is 16.4. The van der Waals surface area contributed by atoms with Crippen molar-refractivity contribution in [2.75, 3.05) is 11.9 Å². The van der Waals surface area contributed by atoms with Crippen molar-refractivity contribution in [1.29, 1.82) is 0 Å². The first-order valence-corrected chi connectivity index (χ1v) is 5.03. The Kier molecular flexibility index (Phi) is 2.93. The smallest absolute Gasteiger partial charge is 0.339 e. The Hall–Kier alpha value is -2.54. The average Bonchev–Trinajstić information content (AvgIpc) is 2.35. The Morgan fingerprint density at radius 3 is 2.94 bits per heavy atom. The number of hydrogen-bond donors (Lipinski definition) is 2. The lowest BCUT2D eigenvalue weighted by molar-refractivity contribution is 0.0698. The number of rotatable bonds is 3. The maximum atomic E-state index is 11.1. The molecule has 4 heteroatoms. The van der Waals surface area contributed by atoms with Crippen LogP contribution >= 0.6 is 0 Å². The molecule has 0 unspecified atom stereocenters. The Morgan fingerprint density at radius 1 is 1.47 bits per heavy atom. The van der Waals surface area contributed by atoms with Gasteiger partial charge in [-0.15, -0.1) is 6.42 Å². The second-order valence-electron chi connectivity index (χ2n) is 3.44. The molecule has 2 rings (SSSR count). The van der Waals surface area contributed by atoms with Crippen molar-refractivity contribution in [3.8, 4) is 12.3 Å². The van der Waals surface area contributed by atoms with Gasteiger partial charge in [-0.1, -0.05) is 24.1 Å². The summed E-state index contributed by atoms with van der Waals surface area (Å²) in [6.07, 6.45) is 5.13. The van der Waals surface area contributed by atoms with E-state index in [4.69, 9.17) is 11.5 Å². The lowest BCUT2D eigenvalue weighted by Gasteiger charge is -2.07. The van der Waals surface area contributed by atoms with Crippen LogP contribution in [-0.2, 0) is 0 Å². The van der Waals surface area contributed by atoms with E-state index in [0.29, 0.717) is 5.82 Å². The fourth-order valence-corrected chi connectivity index (χ4v) is 1.55. The Balaban J connectivity index is 2.58. The predicted molar refractivity (Wildman–Crippen MR) is 66.0 cm³/mol. The average molecular weight is 226 g/mol. The number of carboxylic acids is 1. The lowest BCUT2D eigenvalue weighted by atomic mass is 10.1. The quantitative estimate of drug-likeness (QED) is 0.785. The normalized spacial score (nSPS) is 9.82. The van der Waals surface area contributed by atoms with Crippen LogP contribution < -0.4 is 5.32 Å². The highest BCUT2D eigenvalue weighted by Crippen LogP contribution is 2.20. The highest BCUT2D eigenvalue weighted by Gasteiger charge is 2.12. The van der Waals surface area contributed by atoms with Crippen molar-refractivity contribution < 1.29 is 9.90 Å². The van der Waals surface area contributed by atoms with Crippen molar-refractivity contribution in [3.63, 3.8) is 0 Å². The SMILES string of the molecule is C#CCNc1nc2ccccc2cc1C(=O)O. The van der Waals surface area contributed by atoms with Gasteiger partial charge in [-0.2, -0.15) is 0 Å². The predicted octanol–water partition coefficient (Wildman–Crippen LogP) is 1.98. The number of para-hydroxylation sites is 1. The lowest BCUT2D eigenvalue weighted by Crippen LogP contribution is -2.08. The van der Waals surface area contributed by atoms with E-state index in [-0.39, 0.29) is 12.1 Å². The monoisotopic (exact) mass is 226 g/mol. The summed E-state index contributed by atoms with van der Waals surface area (Å²) in [6, 6.07) is 8.91. The maximum Gasteiger partial charge on any atom is 0.339 e. The van der Waals surface area contributed by atoms with Gasteiger partial charge in [0.25, 0.3) is 0 Å². The number of benzene rings is 1. The molecule has 0 saturated carbocycles. The topological polar surface area (TPSA) is 62.2 Å². The molecule has 0 saturated heterocycles. The molecule has 17 heavy (non-hydrogen) atoms. The molecule has 0 spiro atoms. The van der Waals surface area contributed by atoms with E-state index in [1.54, 1.807) is 6.07 Å². The van der Waals surface area contributed by atoms with Gasteiger partial charge < -0.3 is 10.4 Å². The minimum absolute atomic E-state index is 0.124. The van der Waals surface area contributed by atoms with Gasteiger partial charge in [-0.3, -0.25) is 0 Å². The first kappa shape index (κ1) is 11.0. The molecular weight excluding hydrogens is 216 g/mol. The van der Waals surface area contributed by atoms with E-state index in [2.05, 4.69) is 16.2 Å². The minimum atomic E-state index is -1.03. The number of nitrogens with one attached hydrogen (secondary N) is 1. The Morgan fingerprint density at radius 2 is 2.24 bits per heavy atom. The molecule has 0 fully saturated rings. The van der Waals surface area contributed by atoms with Crippen molar-refractivity contribution in [1.82, 2.24) is 4.98 Å². The summed E-state index contributed by atoms with van der Waals surface area (Å²) in [5.41, 5.74) is 0.857. The van der Waals surface area contributed by atoms with Crippen molar-refractivity contribution >= 4 is 22.7 Å². The molecule has 2 N–H and O–H groups in total. The fraction of sp³-hybridized carbons (Fsp3) is 0.0769. The van der Waals surface area contributed by atoms with Crippen LogP contribution in [0.4, 0.5) is 5.82 Å². The molecule has 0 radical (unpaired) electrons. The van der Waals surface area contributed by atoms with Gasteiger partial charge >= 0.3 is 5.97 Å². The molecule has 0 bridgehead atoms. The van der Waals surface area contributed by atoms with Crippen LogP contribution in [0.15, 0.2) is 30.3 Å². The largest absolute Gasteiger partial charge is 0.478 e. The maximum absolute atomic E-state index is 11.1. The summed E-state index contributed by atoms with van der Waals surface area (Å²) < 4.78 is 0. The van der Waals surface area contributed by atoms with Crippen LogP contribution in [-0.4, -0.2) is 22.6 Å². The van der Waals surface area contributed by atoms with Gasteiger partial charge in [0.15, 0.2) is 0 Å². The summed E-state index contributed by atoms with van der Waals surface area (Å²) in [7, 11) is 0. The first-order chi connectivity index (χ1) is 8.22. The number of pyridine rings is 1. The van der Waals surface area contributed by atoms with E-state index in [1.165, 1.54) is 0 Å². The van der Waals surface area contributed by atoms with E-state index >= 15 is 0 Å². The van der Waals surface area contributed by atoms with Crippen LogP contribution in [0.5, 0.6) is 0 Å². The van der Waals surface area contributed by atoms with Crippen LogP contribution in [0.3, 0.4) is 0 Å². The third-order valence-electron chi connectivity index (χ3n) is 2.31. The van der Waals surface area contributed by atoms with Crippen LogP contribution in [0, 0.1) is 12.3 Å². The number of anilines is 1. The standard InChI is InChI=1S/C13H10N2O2/c1-2-7-14-12-10(13(16)17)8-9-5-3-4-6-11(9)15-12/h1,3-6,8H,7H2,(H,14,15)(H,16,17). The zero-order chi connectivity index (χ0) is 12.3. The number of aromatic nitrogens is 1. The van der Waals surface area contributed by atoms with Crippen LogP contribution in [0.1, 0.15) is 10.4 Å². The molecule has 1 heterocycles. The molecule has 0 aliphatic rings. The third kappa shape index (κ3) is 2.18. The van der Waals surface area contributed by atoms with Crippen LogP contribution in [0.25, 0.3) is 10.9 Å². The van der Waals surface area contributed by atoms with Gasteiger partial charge in [0.05, 0.1) is 12.1 Å². The van der Waals surface area contributed by atoms with Gasteiger partial charge in [0, 0.05) is 5.39 Å². The summed E-state index contributed by atoms with van der Waals surface area (Å²) >= 11 is 0. The summed E-state index contributed by atoms with van der Waals surface area (Å²) in [4.78, 5) is 15.3. The number of carboxylic acid groups (broad SMARTS) is 1. The molecule has 1 aromatic heterocycles. The zero-order valence-corrected chi connectivity index (χ0v) is 8.97. The highest BCUT2D eigenvalue weighted by molar-refractivity contribution is 5.98. The number of nitrogens with zero attached hydrogens (tertiary/aromatic N) is 1. The molecule has 4 nitrogen and oxygen atoms in total. The van der Waals surface area contributed by atoms with Gasteiger partial charge in [-0.05, 0) is 12.1 Å². The number of fused-ring (bicyclic) bond motifs is 1. The second-order valence-corrected chi connectivity index (χ2v) is 3.44. The van der Waals surface area contributed by atoms with Crippen molar-refractivity contribution in [2.45, 2.75) is 0 Å². The molecule has 2 aromatic rings. The fourth-order valence-electron chi connectivity index (χ4n) is 1.55. The van der Waals surface area contributed by atoms with Crippen molar-refractivity contribution in [2.24, 2.45) is 0 Å². The summed E-state index contributed by atoms with van der Waals surface area (Å²) in [6.45, 7) is 0.242.